The van der Waals surface area contributed by atoms with Gasteiger partial charge < -0.3 is 24.6 Å². The average molecular weight is 919 g/mol. The predicted molar refractivity (Wildman–Crippen MR) is 261 cm³/mol. The van der Waals surface area contributed by atoms with Crippen molar-refractivity contribution in [3.63, 3.8) is 0 Å². The van der Waals surface area contributed by atoms with Crippen molar-refractivity contribution in [1.29, 1.82) is 0 Å². The van der Waals surface area contributed by atoms with E-state index in [1.54, 1.807) is 0 Å². The molecule has 0 bridgehead atoms. The number of carbonyl (C=O) groups is 2. The van der Waals surface area contributed by atoms with Crippen LogP contribution in [0.3, 0.4) is 0 Å². The minimum atomic E-state index is -4.62. The van der Waals surface area contributed by atoms with Crippen LogP contribution in [0.5, 0.6) is 0 Å². The van der Waals surface area contributed by atoms with Crippen LogP contribution in [-0.4, -0.2) is 65.7 Å². The second-order valence-corrected chi connectivity index (χ2v) is 20.1. The lowest BCUT2D eigenvalue weighted by Crippen LogP contribution is -2.29. The number of phosphoric ester groups is 1. The molecule has 1 unspecified atom stereocenters. The number of ether oxygens (including phenoxy) is 2. The molecule has 0 aromatic carbocycles. The van der Waals surface area contributed by atoms with Crippen molar-refractivity contribution < 1.29 is 47.8 Å². The number of rotatable bonds is 52. The summed E-state index contributed by atoms with van der Waals surface area (Å²) in [6.07, 6.45) is 49.3. The van der Waals surface area contributed by atoms with Gasteiger partial charge in [-0.2, -0.15) is 0 Å². The number of hydrogen-bond donors (Lipinski definition) is 3. The first kappa shape index (κ1) is 62.0. The van der Waals surface area contributed by atoms with Crippen LogP contribution >= 0.6 is 7.82 Å². The van der Waals surface area contributed by atoms with E-state index in [0.29, 0.717) is 12.8 Å². The number of esters is 2. The fourth-order valence-electron chi connectivity index (χ4n) is 8.12. The quantitative estimate of drug-likeness (QED) is 0.0306. The normalized spacial score (nSPS) is 13.5. The van der Waals surface area contributed by atoms with Gasteiger partial charge in [0.1, 0.15) is 12.7 Å². The molecule has 3 atom stereocenters. The Balaban J connectivity index is 4.07. The SMILES string of the molecule is CCCCCCCCCCCCCCCCCCCCCCCCCC(=O)OC[C@@H](COP(=O)(O)OC[C@H](O)CO)OC(=O)CCCCCCCCCCCCCCCCCCC. The van der Waals surface area contributed by atoms with Crippen LogP contribution in [0.1, 0.15) is 284 Å². The maximum Gasteiger partial charge on any atom is 0.472 e. The highest BCUT2D eigenvalue weighted by Gasteiger charge is 2.27. The molecule has 0 saturated carbocycles. The second kappa shape index (κ2) is 48.9. The first-order valence-electron chi connectivity index (χ1n) is 27.0. The van der Waals surface area contributed by atoms with Crippen LogP contribution in [0, 0.1) is 0 Å². The summed E-state index contributed by atoms with van der Waals surface area (Å²) in [6.45, 7) is 2.46. The Hall–Kier alpha value is -1.03. The zero-order chi connectivity index (χ0) is 46.2. The lowest BCUT2D eigenvalue weighted by atomic mass is 10.0. The second-order valence-electron chi connectivity index (χ2n) is 18.6. The molecule has 0 spiro atoms. The first-order chi connectivity index (χ1) is 30.7. The Morgan fingerprint density at radius 3 is 0.984 bits per heavy atom. The van der Waals surface area contributed by atoms with Crippen molar-refractivity contribution in [1.82, 2.24) is 0 Å². The summed E-state index contributed by atoms with van der Waals surface area (Å²) in [6, 6.07) is 0. The van der Waals surface area contributed by atoms with Crippen molar-refractivity contribution in [2.24, 2.45) is 0 Å². The van der Waals surface area contributed by atoms with Gasteiger partial charge in [-0.3, -0.25) is 18.6 Å². The van der Waals surface area contributed by atoms with Crippen molar-refractivity contribution in [2.75, 3.05) is 26.4 Å². The highest BCUT2D eigenvalue weighted by molar-refractivity contribution is 7.47. The molecule has 3 N–H and O–H groups in total. The third-order valence-corrected chi connectivity index (χ3v) is 13.2. The highest BCUT2D eigenvalue weighted by Crippen LogP contribution is 2.43. The van der Waals surface area contributed by atoms with Gasteiger partial charge in [0.05, 0.1) is 19.8 Å². The highest BCUT2D eigenvalue weighted by atomic mass is 31.2. The Morgan fingerprint density at radius 2 is 0.683 bits per heavy atom. The van der Waals surface area contributed by atoms with E-state index in [1.807, 2.05) is 0 Å². The average Bonchev–Trinajstić information content (AvgIpc) is 3.27. The first-order valence-corrected chi connectivity index (χ1v) is 28.5. The maximum absolute atomic E-state index is 12.7. The largest absolute Gasteiger partial charge is 0.472 e. The van der Waals surface area contributed by atoms with E-state index in [0.717, 1.165) is 32.1 Å². The van der Waals surface area contributed by atoms with Gasteiger partial charge in [0.15, 0.2) is 6.10 Å². The van der Waals surface area contributed by atoms with Gasteiger partial charge in [0.25, 0.3) is 0 Å². The summed E-state index contributed by atoms with van der Waals surface area (Å²) < 4.78 is 32.9. The molecule has 0 aliphatic rings. The van der Waals surface area contributed by atoms with Gasteiger partial charge in [-0.1, -0.05) is 258 Å². The number of aliphatic hydroxyl groups is 2. The van der Waals surface area contributed by atoms with Crippen LogP contribution < -0.4 is 0 Å². The molecule has 0 aromatic rings. The fourth-order valence-corrected chi connectivity index (χ4v) is 8.91. The van der Waals surface area contributed by atoms with Crippen molar-refractivity contribution in [3.8, 4) is 0 Å². The van der Waals surface area contributed by atoms with E-state index in [4.69, 9.17) is 23.6 Å². The lowest BCUT2D eigenvalue weighted by Gasteiger charge is -2.20. The summed E-state index contributed by atoms with van der Waals surface area (Å²) in [5.74, 6) is -0.901. The van der Waals surface area contributed by atoms with Crippen LogP contribution in [0.25, 0.3) is 0 Å². The molecule has 376 valence electrons. The van der Waals surface area contributed by atoms with Crippen molar-refractivity contribution in [3.05, 3.63) is 0 Å². The molecule has 0 heterocycles. The molecular weight excluding hydrogens is 816 g/mol. The number of phosphoric acid groups is 1. The van der Waals surface area contributed by atoms with Crippen LogP contribution in [0.2, 0.25) is 0 Å². The van der Waals surface area contributed by atoms with Gasteiger partial charge in [0.2, 0.25) is 0 Å². The lowest BCUT2D eigenvalue weighted by molar-refractivity contribution is -0.161. The zero-order valence-corrected chi connectivity index (χ0v) is 42.2. The predicted octanol–water partition coefficient (Wildman–Crippen LogP) is 15.4. The van der Waals surface area contributed by atoms with E-state index in [-0.39, 0.29) is 19.4 Å². The summed E-state index contributed by atoms with van der Waals surface area (Å²) in [4.78, 5) is 35.2. The van der Waals surface area contributed by atoms with Gasteiger partial charge in [-0.05, 0) is 12.8 Å². The monoisotopic (exact) mass is 919 g/mol. The molecule has 0 fully saturated rings. The Labute approximate surface area is 388 Å². The standard InChI is InChI=1S/C52H103O10P/c1-3-5-7-9-11-13-15-17-19-21-22-23-24-25-26-28-29-31-33-35-37-39-41-43-51(55)59-47-50(48-61-63(57,58)60-46-49(54)45-53)62-52(56)44-42-40-38-36-34-32-30-27-20-18-16-14-12-10-8-6-4-2/h49-50,53-54H,3-48H2,1-2H3,(H,57,58)/t49-,50+/m1/s1. The minimum Gasteiger partial charge on any atom is -0.462 e. The van der Waals surface area contributed by atoms with Gasteiger partial charge in [-0.15, -0.1) is 0 Å². The van der Waals surface area contributed by atoms with Gasteiger partial charge in [0, 0.05) is 12.8 Å². The fraction of sp³-hybridized carbons (Fsp3) is 0.962. The van der Waals surface area contributed by atoms with Crippen molar-refractivity contribution in [2.45, 2.75) is 296 Å². The molecule has 0 amide bonds. The molecule has 0 rings (SSSR count). The third kappa shape index (κ3) is 48.7. The van der Waals surface area contributed by atoms with Crippen LogP contribution in [0.4, 0.5) is 0 Å². The molecule has 0 radical (unpaired) electrons. The number of carbonyl (C=O) groups excluding carboxylic acids is 2. The molecule has 11 heteroatoms. The molecular formula is C52H103O10P. The van der Waals surface area contributed by atoms with E-state index < -0.39 is 51.8 Å². The van der Waals surface area contributed by atoms with E-state index in [2.05, 4.69) is 13.8 Å². The number of aliphatic hydroxyl groups excluding tert-OH is 2. The summed E-state index contributed by atoms with van der Waals surface area (Å²) >= 11 is 0. The van der Waals surface area contributed by atoms with E-state index in [1.165, 1.54) is 212 Å². The summed E-state index contributed by atoms with van der Waals surface area (Å²) in [5, 5.41) is 18.4. The molecule has 0 aromatic heterocycles. The minimum absolute atomic E-state index is 0.193. The molecule has 0 aliphatic carbocycles. The van der Waals surface area contributed by atoms with Gasteiger partial charge >= 0.3 is 19.8 Å². The molecule has 0 saturated heterocycles. The Morgan fingerprint density at radius 1 is 0.413 bits per heavy atom. The van der Waals surface area contributed by atoms with Gasteiger partial charge in [-0.25, -0.2) is 4.57 Å². The Kier molecular flexibility index (Phi) is 48.1. The smallest absolute Gasteiger partial charge is 0.462 e. The van der Waals surface area contributed by atoms with E-state index >= 15 is 0 Å². The zero-order valence-electron chi connectivity index (χ0n) is 41.3. The number of hydrogen-bond acceptors (Lipinski definition) is 9. The third-order valence-electron chi connectivity index (χ3n) is 12.3. The van der Waals surface area contributed by atoms with Crippen molar-refractivity contribution >= 4 is 19.8 Å². The summed E-state index contributed by atoms with van der Waals surface area (Å²) in [7, 11) is -4.62. The van der Waals surface area contributed by atoms with Crippen LogP contribution in [-0.2, 0) is 32.7 Å². The molecule has 63 heavy (non-hydrogen) atoms. The maximum atomic E-state index is 12.7. The Bertz CT molecular complexity index is 1010. The molecule has 0 aliphatic heterocycles. The number of unbranched alkanes of at least 4 members (excludes halogenated alkanes) is 38. The summed E-state index contributed by atoms with van der Waals surface area (Å²) in [5.41, 5.74) is 0. The molecule has 10 nitrogen and oxygen atoms in total. The van der Waals surface area contributed by atoms with Crippen LogP contribution in [0.15, 0.2) is 0 Å². The topological polar surface area (TPSA) is 149 Å². The van der Waals surface area contributed by atoms with E-state index in [9.17, 15) is 24.2 Å².